The first-order valence-electron chi connectivity index (χ1n) is 5.65. The summed E-state index contributed by atoms with van der Waals surface area (Å²) in [5.74, 6) is -0.144. The molecule has 2 rings (SSSR count). The van der Waals surface area contributed by atoms with E-state index in [4.69, 9.17) is 4.74 Å². The highest BCUT2D eigenvalue weighted by atomic mass is 19.1. The number of pyridine rings is 1. The molecule has 98 valence electrons. The zero-order chi connectivity index (χ0) is 13.8. The first-order chi connectivity index (χ1) is 9.11. The summed E-state index contributed by atoms with van der Waals surface area (Å²) >= 11 is 0. The van der Waals surface area contributed by atoms with Crippen molar-refractivity contribution in [3.8, 4) is 5.75 Å². The van der Waals surface area contributed by atoms with Crippen LogP contribution in [0.4, 0.5) is 10.1 Å². The van der Waals surface area contributed by atoms with E-state index in [1.54, 1.807) is 38.4 Å². The zero-order valence-corrected chi connectivity index (χ0v) is 10.6. The van der Waals surface area contributed by atoms with E-state index in [1.807, 2.05) is 0 Å². The van der Waals surface area contributed by atoms with Gasteiger partial charge in [0.15, 0.2) is 0 Å². The number of aromatic nitrogens is 1. The maximum absolute atomic E-state index is 12.7. The molecule has 0 aliphatic rings. The van der Waals surface area contributed by atoms with Crippen LogP contribution in [0.5, 0.6) is 5.75 Å². The van der Waals surface area contributed by atoms with Crippen LogP contribution in [-0.2, 0) is 0 Å². The largest absolute Gasteiger partial charge is 0.497 e. The molecular formula is C14H13FN2O2. The molecule has 1 aromatic heterocycles. The van der Waals surface area contributed by atoms with E-state index in [1.165, 1.54) is 17.2 Å². The van der Waals surface area contributed by atoms with Gasteiger partial charge in [0.25, 0.3) is 5.91 Å². The first kappa shape index (κ1) is 13.0. The van der Waals surface area contributed by atoms with Gasteiger partial charge in [-0.2, -0.15) is 4.39 Å². The van der Waals surface area contributed by atoms with Crippen LogP contribution in [0.15, 0.2) is 42.6 Å². The second kappa shape index (κ2) is 5.48. The number of carbonyl (C=O) groups excluding carboxylic acids is 1. The Morgan fingerprint density at radius 1 is 1.21 bits per heavy atom. The minimum Gasteiger partial charge on any atom is -0.497 e. The van der Waals surface area contributed by atoms with Crippen LogP contribution in [0.3, 0.4) is 0 Å². The second-order valence-corrected chi connectivity index (χ2v) is 3.93. The number of methoxy groups -OCH3 is 1. The molecule has 1 heterocycles. The standard InChI is InChI=1S/C14H13FN2O2/c1-17(11-4-6-12(19-2)7-5-11)14(18)10-3-8-13(15)16-9-10/h3-9H,1-2H3. The van der Waals surface area contributed by atoms with Gasteiger partial charge in [0.1, 0.15) is 5.75 Å². The summed E-state index contributed by atoms with van der Waals surface area (Å²) in [7, 11) is 3.22. The molecule has 0 saturated heterocycles. The Labute approximate surface area is 110 Å². The predicted octanol–water partition coefficient (Wildman–Crippen LogP) is 2.51. The van der Waals surface area contributed by atoms with Crippen molar-refractivity contribution in [2.75, 3.05) is 19.1 Å². The van der Waals surface area contributed by atoms with Gasteiger partial charge in [0.2, 0.25) is 5.95 Å². The molecule has 0 radical (unpaired) electrons. The number of nitrogens with zero attached hydrogens (tertiary/aromatic N) is 2. The molecule has 2 aromatic rings. The van der Waals surface area contributed by atoms with E-state index in [-0.39, 0.29) is 5.91 Å². The molecular weight excluding hydrogens is 247 g/mol. The van der Waals surface area contributed by atoms with E-state index in [2.05, 4.69) is 4.98 Å². The van der Waals surface area contributed by atoms with Crippen molar-refractivity contribution < 1.29 is 13.9 Å². The molecule has 0 saturated carbocycles. The summed E-state index contributed by atoms with van der Waals surface area (Å²) in [4.78, 5) is 17.1. The van der Waals surface area contributed by atoms with Gasteiger partial charge in [-0.15, -0.1) is 0 Å². The summed E-state index contributed by atoms with van der Waals surface area (Å²) in [6.07, 6.45) is 1.22. The molecule has 5 heteroatoms. The van der Waals surface area contributed by atoms with Crippen molar-refractivity contribution in [2.24, 2.45) is 0 Å². The number of ether oxygens (including phenoxy) is 1. The second-order valence-electron chi connectivity index (χ2n) is 3.93. The van der Waals surface area contributed by atoms with Gasteiger partial charge in [-0.25, -0.2) is 4.98 Å². The summed E-state index contributed by atoms with van der Waals surface area (Å²) in [6.45, 7) is 0. The highest BCUT2D eigenvalue weighted by Gasteiger charge is 2.13. The van der Waals surface area contributed by atoms with Crippen LogP contribution in [0.2, 0.25) is 0 Å². The Morgan fingerprint density at radius 3 is 2.42 bits per heavy atom. The Morgan fingerprint density at radius 2 is 1.89 bits per heavy atom. The van der Waals surface area contributed by atoms with Crippen molar-refractivity contribution in [3.63, 3.8) is 0 Å². The normalized spacial score (nSPS) is 10.1. The van der Waals surface area contributed by atoms with Crippen molar-refractivity contribution in [2.45, 2.75) is 0 Å². The maximum atomic E-state index is 12.7. The highest BCUT2D eigenvalue weighted by Crippen LogP contribution is 2.19. The van der Waals surface area contributed by atoms with E-state index in [9.17, 15) is 9.18 Å². The third-order valence-electron chi connectivity index (χ3n) is 2.74. The van der Waals surface area contributed by atoms with E-state index in [0.717, 1.165) is 11.8 Å². The van der Waals surface area contributed by atoms with Gasteiger partial charge in [0, 0.05) is 18.9 Å². The molecule has 0 fully saturated rings. The van der Waals surface area contributed by atoms with Crippen LogP contribution in [-0.4, -0.2) is 25.0 Å². The zero-order valence-electron chi connectivity index (χ0n) is 10.6. The average Bonchev–Trinajstić information content (AvgIpc) is 2.46. The Balaban J connectivity index is 2.20. The van der Waals surface area contributed by atoms with E-state index < -0.39 is 5.95 Å². The van der Waals surface area contributed by atoms with Crippen LogP contribution >= 0.6 is 0 Å². The molecule has 0 aliphatic heterocycles. The summed E-state index contributed by atoms with van der Waals surface area (Å²) in [5, 5.41) is 0. The van der Waals surface area contributed by atoms with E-state index >= 15 is 0 Å². The lowest BCUT2D eigenvalue weighted by molar-refractivity contribution is 0.0992. The minimum atomic E-state index is -0.608. The molecule has 0 spiro atoms. The lowest BCUT2D eigenvalue weighted by Gasteiger charge is -2.17. The monoisotopic (exact) mass is 260 g/mol. The SMILES string of the molecule is COc1ccc(N(C)C(=O)c2ccc(F)nc2)cc1. The molecule has 0 aliphatic carbocycles. The number of rotatable bonds is 3. The van der Waals surface area contributed by atoms with Crippen molar-refractivity contribution in [3.05, 3.63) is 54.1 Å². The maximum Gasteiger partial charge on any atom is 0.259 e. The topological polar surface area (TPSA) is 42.4 Å². The number of anilines is 1. The fraction of sp³-hybridized carbons (Fsp3) is 0.143. The minimum absolute atomic E-state index is 0.252. The van der Waals surface area contributed by atoms with Crippen LogP contribution in [0.25, 0.3) is 0 Å². The van der Waals surface area contributed by atoms with Crippen molar-refractivity contribution in [1.82, 2.24) is 4.98 Å². The molecule has 0 bridgehead atoms. The molecule has 1 amide bonds. The van der Waals surface area contributed by atoms with Crippen molar-refractivity contribution in [1.29, 1.82) is 0 Å². The number of carbonyl (C=O) groups is 1. The van der Waals surface area contributed by atoms with Crippen LogP contribution in [0, 0.1) is 5.95 Å². The number of halogens is 1. The van der Waals surface area contributed by atoms with Crippen LogP contribution < -0.4 is 9.64 Å². The Kier molecular flexibility index (Phi) is 3.75. The van der Waals surface area contributed by atoms with Gasteiger partial charge < -0.3 is 9.64 Å². The molecule has 0 N–H and O–H groups in total. The summed E-state index contributed by atoms with van der Waals surface area (Å²) < 4.78 is 17.8. The first-order valence-corrected chi connectivity index (χ1v) is 5.65. The predicted molar refractivity (Wildman–Crippen MR) is 69.9 cm³/mol. The fourth-order valence-corrected chi connectivity index (χ4v) is 1.62. The molecule has 19 heavy (non-hydrogen) atoms. The third kappa shape index (κ3) is 2.88. The van der Waals surface area contributed by atoms with Crippen molar-refractivity contribution >= 4 is 11.6 Å². The van der Waals surface area contributed by atoms with Gasteiger partial charge >= 0.3 is 0 Å². The molecule has 1 aromatic carbocycles. The smallest absolute Gasteiger partial charge is 0.259 e. The Hall–Kier alpha value is -2.43. The fourth-order valence-electron chi connectivity index (χ4n) is 1.62. The Bertz CT molecular complexity index is 567. The number of benzene rings is 1. The van der Waals surface area contributed by atoms with Gasteiger partial charge in [-0.05, 0) is 36.4 Å². The molecule has 0 unspecified atom stereocenters. The lowest BCUT2D eigenvalue weighted by Crippen LogP contribution is -2.26. The summed E-state index contributed by atoms with van der Waals surface area (Å²) in [5.41, 5.74) is 1.05. The highest BCUT2D eigenvalue weighted by molar-refractivity contribution is 6.05. The molecule has 0 atom stereocenters. The third-order valence-corrected chi connectivity index (χ3v) is 2.74. The molecule has 4 nitrogen and oxygen atoms in total. The average molecular weight is 260 g/mol. The van der Waals surface area contributed by atoms with Gasteiger partial charge in [0.05, 0.1) is 12.7 Å². The van der Waals surface area contributed by atoms with Crippen LogP contribution in [0.1, 0.15) is 10.4 Å². The quantitative estimate of drug-likeness (QED) is 0.796. The lowest BCUT2D eigenvalue weighted by atomic mass is 10.2. The van der Waals surface area contributed by atoms with Gasteiger partial charge in [-0.3, -0.25) is 4.79 Å². The number of hydrogen-bond acceptors (Lipinski definition) is 3. The number of amides is 1. The summed E-state index contributed by atoms with van der Waals surface area (Å²) in [6, 6.07) is 9.64. The van der Waals surface area contributed by atoms with Gasteiger partial charge in [-0.1, -0.05) is 0 Å². The van der Waals surface area contributed by atoms with E-state index in [0.29, 0.717) is 11.3 Å². The number of hydrogen-bond donors (Lipinski definition) is 0.